The number of nitrogens with one attached hydrogen (secondary N) is 2. The summed E-state index contributed by atoms with van der Waals surface area (Å²) in [6.07, 6.45) is 41.3. The monoisotopic (exact) mass is 684 g/mol. The standard InChI is InChI=1S/C40H64N2O7/c1-3-5-7-8-9-10-11-12-13-14-15-16-17-18-19-20-21-22-28-32-39(46)49-35(29-25-6-4-2)30-26-23-24-27-31-37(44)41-33-38(45)42-36(34-43)40(47)48/h5,7,9-10,12-13,15-16,18-19,25,29,35-36,43H,3-4,6,8,11,14,17,20-24,26-28,30-34H2,1-2H3,(H,41,44)(H,42,45)(H,47,48)/b7-5-,10-9-,13-12-,16-15-,19-18-,29-25-. The predicted molar refractivity (Wildman–Crippen MR) is 199 cm³/mol. The average molecular weight is 685 g/mol. The lowest BCUT2D eigenvalue weighted by molar-refractivity contribution is -0.147. The van der Waals surface area contributed by atoms with Crippen molar-refractivity contribution in [1.29, 1.82) is 0 Å². The number of carbonyl (C=O) groups excluding carboxylic acids is 3. The second-order valence-electron chi connectivity index (χ2n) is 11.9. The first-order valence-electron chi connectivity index (χ1n) is 18.3. The van der Waals surface area contributed by atoms with E-state index >= 15 is 0 Å². The Balaban J connectivity index is 4.06. The van der Waals surface area contributed by atoms with Crippen LogP contribution in [-0.2, 0) is 23.9 Å². The molecule has 9 heteroatoms. The summed E-state index contributed by atoms with van der Waals surface area (Å²) in [4.78, 5) is 47.1. The maximum atomic E-state index is 12.5. The third kappa shape index (κ3) is 31.3. The van der Waals surface area contributed by atoms with Crippen LogP contribution in [0.5, 0.6) is 0 Å². The molecule has 0 radical (unpaired) electrons. The van der Waals surface area contributed by atoms with Crippen LogP contribution in [0.15, 0.2) is 72.9 Å². The van der Waals surface area contributed by atoms with Crippen molar-refractivity contribution in [1.82, 2.24) is 10.6 Å². The number of aliphatic hydroxyl groups excluding tert-OH is 1. The molecule has 0 spiro atoms. The molecule has 0 aliphatic carbocycles. The fraction of sp³-hybridized carbons (Fsp3) is 0.600. The summed E-state index contributed by atoms with van der Waals surface area (Å²) in [6.45, 7) is 3.18. The Morgan fingerprint density at radius 3 is 1.82 bits per heavy atom. The SMILES string of the molecule is CC/C=C\C/C=C\C/C=C\C/C=C\C/C=C\CCCCCC(=O)OC(/C=C\CCC)CCCCCCC(=O)NCC(=O)NC(CO)C(=O)O. The Morgan fingerprint density at radius 1 is 0.653 bits per heavy atom. The van der Waals surface area contributed by atoms with E-state index in [1.807, 2.05) is 6.08 Å². The van der Waals surface area contributed by atoms with Crippen LogP contribution in [0.2, 0.25) is 0 Å². The smallest absolute Gasteiger partial charge is 0.328 e. The average Bonchev–Trinajstić information content (AvgIpc) is 3.08. The molecule has 0 aromatic rings. The van der Waals surface area contributed by atoms with Crippen molar-refractivity contribution in [2.24, 2.45) is 0 Å². The maximum absolute atomic E-state index is 12.5. The van der Waals surface area contributed by atoms with Gasteiger partial charge in [0.05, 0.1) is 13.2 Å². The number of hydrogen-bond acceptors (Lipinski definition) is 6. The molecule has 276 valence electrons. The molecule has 2 unspecified atom stereocenters. The summed E-state index contributed by atoms with van der Waals surface area (Å²) >= 11 is 0. The van der Waals surface area contributed by atoms with Gasteiger partial charge in [-0.05, 0) is 83.1 Å². The van der Waals surface area contributed by atoms with E-state index < -0.39 is 24.5 Å². The van der Waals surface area contributed by atoms with Crippen molar-refractivity contribution in [2.45, 2.75) is 142 Å². The van der Waals surface area contributed by atoms with Crippen molar-refractivity contribution in [3.8, 4) is 0 Å². The first-order chi connectivity index (χ1) is 23.8. The number of hydrogen-bond donors (Lipinski definition) is 4. The van der Waals surface area contributed by atoms with Gasteiger partial charge in [0.25, 0.3) is 0 Å². The van der Waals surface area contributed by atoms with Gasteiger partial charge in [-0.2, -0.15) is 0 Å². The third-order valence-corrected chi connectivity index (χ3v) is 7.40. The van der Waals surface area contributed by atoms with Gasteiger partial charge in [-0.3, -0.25) is 14.4 Å². The van der Waals surface area contributed by atoms with E-state index in [9.17, 15) is 19.2 Å². The Labute approximate surface area is 295 Å². The quantitative estimate of drug-likeness (QED) is 0.0330. The molecule has 2 amide bonds. The topological polar surface area (TPSA) is 142 Å². The minimum absolute atomic E-state index is 0.157. The second-order valence-corrected chi connectivity index (χ2v) is 11.9. The van der Waals surface area contributed by atoms with Gasteiger partial charge in [-0.25, -0.2) is 4.79 Å². The molecule has 0 saturated heterocycles. The molecular weight excluding hydrogens is 620 g/mol. The lowest BCUT2D eigenvalue weighted by atomic mass is 10.1. The summed E-state index contributed by atoms with van der Waals surface area (Å²) in [6, 6.07) is -1.39. The molecule has 0 aliphatic rings. The highest BCUT2D eigenvalue weighted by Crippen LogP contribution is 2.14. The zero-order valence-corrected chi connectivity index (χ0v) is 30.2. The largest absolute Gasteiger partial charge is 0.480 e. The second kappa shape index (κ2) is 34.2. The van der Waals surface area contributed by atoms with E-state index in [4.69, 9.17) is 14.9 Å². The summed E-state index contributed by atoms with van der Waals surface area (Å²) in [5, 5.41) is 22.4. The van der Waals surface area contributed by atoms with E-state index in [2.05, 4.69) is 91.3 Å². The van der Waals surface area contributed by atoms with Gasteiger partial charge in [0.1, 0.15) is 12.1 Å². The van der Waals surface area contributed by atoms with Crippen molar-refractivity contribution in [3.63, 3.8) is 0 Å². The number of aliphatic carboxylic acids is 1. The maximum Gasteiger partial charge on any atom is 0.328 e. The lowest BCUT2D eigenvalue weighted by Crippen LogP contribution is -2.47. The summed E-state index contributed by atoms with van der Waals surface area (Å²) in [5.74, 6) is -2.47. The zero-order valence-electron chi connectivity index (χ0n) is 30.2. The van der Waals surface area contributed by atoms with E-state index in [0.29, 0.717) is 12.8 Å². The molecule has 4 N–H and O–H groups in total. The zero-order chi connectivity index (χ0) is 36.2. The highest BCUT2D eigenvalue weighted by atomic mass is 16.5. The first kappa shape index (κ1) is 45.3. The van der Waals surface area contributed by atoms with Gasteiger partial charge in [0.15, 0.2) is 0 Å². The fourth-order valence-corrected chi connectivity index (χ4v) is 4.60. The van der Waals surface area contributed by atoms with E-state index in [1.54, 1.807) is 0 Å². The molecule has 0 aromatic heterocycles. The van der Waals surface area contributed by atoms with Gasteiger partial charge in [0, 0.05) is 12.8 Å². The normalized spacial score (nSPS) is 13.4. The van der Waals surface area contributed by atoms with Crippen LogP contribution in [0.3, 0.4) is 0 Å². The molecule has 9 nitrogen and oxygen atoms in total. The fourth-order valence-electron chi connectivity index (χ4n) is 4.60. The Kier molecular flexibility index (Phi) is 31.6. The molecule has 2 atom stereocenters. The van der Waals surface area contributed by atoms with Crippen LogP contribution in [0, 0.1) is 0 Å². The molecule has 49 heavy (non-hydrogen) atoms. The van der Waals surface area contributed by atoms with Gasteiger partial charge >= 0.3 is 11.9 Å². The number of carboxylic acids is 1. The Bertz CT molecular complexity index is 1060. The number of rotatable bonds is 31. The molecule has 0 aromatic carbocycles. The summed E-state index contributed by atoms with van der Waals surface area (Å²) < 4.78 is 5.77. The minimum Gasteiger partial charge on any atom is -0.480 e. The number of unbranched alkanes of at least 4 members (excludes halogenated alkanes) is 7. The number of aliphatic hydroxyl groups is 1. The summed E-state index contributed by atoms with van der Waals surface area (Å²) in [5.41, 5.74) is 0. The first-order valence-corrected chi connectivity index (χ1v) is 18.3. The van der Waals surface area contributed by atoms with Crippen LogP contribution in [0.25, 0.3) is 0 Å². The molecule has 0 heterocycles. The van der Waals surface area contributed by atoms with Crippen LogP contribution in [0.4, 0.5) is 0 Å². The van der Waals surface area contributed by atoms with Crippen LogP contribution in [0.1, 0.15) is 129 Å². The minimum atomic E-state index is -1.39. The van der Waals surface area contributed by atoms with Gasteiger partial charge < -0.3 is 25.6 Å². The molecule has 0 aliphatic heterocycles. The van der Waals surface area contributed by atoms with Crippen LogP contribution < -0.4 is 10.6 Å². The number of esters is 1. The third-order valence-electron chi connectivity index (χ3n) is 7.40. The van der Waals surface area contributed by atoms with E-state index in [1.165, 1.54) is 0 Å². The summed E-state index contributed by atoms with van der Waals surface area (Å²) in [7, 11) is 0. The van der Waals surface area contributed by atoms with E-state index in [0.717, 1.165) is 96.3 Å². The van der Waals surface area contributed by atoms with Crippen molar-refractivity contribution in [2.75, 3.05) is 13.2 Å². The van der Waals surface area contributed by atoms with E-state index in [-0.39, 0.29) is 30.9 Å². The number of carboxylic acid groups (broad SMARTS) is 1. The van der Waals surface area contributed by atoms with Crippen molar-refractivity contribution in [3.05, 3.63) is 72.9 Å². The predicted octanol–water partition coefficient (Wildman–Crippen LogP) is 7.97. The number of ether oxygens (including phenoxy) is 1. The molecule has 0 fully saturated rings. The molecule has 0 rings (SSSR count). The highest BCUT2D eigenvalue weighted by molar-refractivity contribution is 5.87. The molecule has 0 saturated carbocycles. The van der Waals surface area contributed by atoms with Crippen molar-refractivity contribution >= 4 is 23.8 Å². The van der Waals surface area contributed by atoms with Crippen molar-refractivity contribution < 1.29 is 34.1 Å². The Hall–Kier alpha value is -3.72. The number of amides is 2. The highest BCUT2D eigenvalue weighted by Gasteiger charge is 2.18. The van der Waals surface area contributed by atoms with Crippen LogP contribution in [-0.4, -0.2) is 59.3 Å². The number of allylic oxidation sites excluding steroid dienone is 11. The van der Waals surface area contributed by atoms with Gasteiger partial charge in [-0.1, -0.05) is 106 Å². The number of carbonyl (C=O) groups is 4. The Morgan fingerprint density at radius 2 is 1.22 bits per heavy atom. The molecular formula is C40H64N2O7. The lowest BCUT2D eigenvalue weighted by Gasteiger charge is -2.15. The molecule has 0 bridgehead atoms. The van der Waals surface area contributed by atoms with Gasteiger partial charge in [-0.15, -0.1) is 0 Å². The van der Waals surface area contributed by atoms with Crippen LogP contribution >= 0.6 is 0 Å². The van der Waals surface area contributed by atoms with Gasteiger partial charge in [0.2, 0.25) is 11.8 Å².